The first-order chi connectivity index (χ1) is 7.86. The molecule has 0 unspecified atom stereocenters. The molecule has 17 heavy (non-hydrogen) atoms. The highest BCUT2D eigenvalue weighted by atomic mass is 16.3. The maximum absolute atomic E-state index is 9.68. The van der Waals surface area contributed by atoms with Gasteiger partial charge >= 0.3 is 0 Å². The first-order valence-corrected chi connectivity index (χ1v) is 6.45. The molecule has 1 aliphatic carbocycles. The molecule has 1 aromatic carbocycles. The molecule has 0 aliphatic heterocycles. The lowest BCUT2D eigenvalue weighted by molar-refractivity contribution is 0.0714. The third-order valence-corrected chi connectivity index (χ3v) is 3.50. The van der Waals surface area contributed by atoms with Gasteiger partial charge in [0.15, 0.2) is 0 Å². The Kier molecular flexibility index (Phi) is 3.28. The average molecular weight is 233 g/mol. The van der Waals surface area contributed by atoms with Gasteiger partial charge in [-0.25, -0.2) is 0 Å². The summed E-state index contributed by atoms with van der Waals surface area (Å²) in [5, 5.41) is 9.68. The lowest BCUT2D eigenvalue weighted by Gasteiger charge is -2.16. The van der Waals surface area contributed by atoms with Crippen molar-refractivity contribution in [1.29, 1.82) is 0 Å². The fourth-order valence-electron chi connectivity index (χ4n) is 2.02. The van der Waals surface area contributed by atoms with Crippen LogP contribution < -0.4 is 5.73 Å². The molecular formula is C15H23NO. The zero-order valence-electron chi connectivity index (χ0n) is 10.9. The summed E-state index contributed by atoms with van der Waals surface area (Å²) in [5.74, 6) is 0. The quantitative estimate of drug-likeness (QED) is 0.820. The SMILES string of the molecule is CC(C)(O)CCc1ccc(CC2(N)CC2)cc1. The predicted molar refractivity (Wildman–Crippen MR) is 70.9 cm³/mol. The van der Waals surface area contributed by atoms with E-state index in [1.807, 2.05) is 13.8 Å². The van der Waals surface area contributed by atoms with E-state index in [1.165, 1.54) is 11.1 Å². The number of rotatable bonds is 5. The molecule has 0 heterocycles. The summed E-state index contributed by atoms with van der Waals surface area (Å²) in [7, 11) is 0. The smallest absolute Gasteiger partial charge is 0.0594 e. The summed E-state index contributed by atoms with van der Waals surface area (Å²) in [6.45, 7) is 3.71. The Morgan fingerprint density at radius 3 is 2.18 bits per heavy atom. The van der Waals surface area contributed by atoms with Crippen molar-refractivity contribution in [3.63, 3.8) is 0 Å². The minimum Gasteiger partial charge on any atom is -0.390 e. The van der Waals surface area contributed by atoms with Crippen LogP contribution in [-0.2, 0) is 12.8 Å². The Morgan fingerprint density at radius 2 is 1.71 bits per heavy atom. The van der Waals surface area contributed by atoms with Crippen LogP contribution in [0.1, 0.15) is 44.2 Å². The number of nitrogens with two attached hydrogens (primary N) is 1. The molecule has 0 amide bonds. The van der Waals surface area contributed by atoms with Crippen LogP contribution in [0.4, 0.5) is 0 Å². The number of hydrogen-bond donors (Lipinski definition) is 2. The molecule has 2 rings (SSSR count). The molecule has 3 N–H and O–H groups in total. The zero-order chi connectivity index (χ0) is 12.5. The topological polar surface area (TPSA) is 46.2 Å². The van der Waals surface area contributed by atoms with E-state index < -0.39 is 5.60 Å². The van der Waals surface area contributed by atoms with Crippen molar-refractivity contribution in [2.24, 2.45) is 5.73 Å². The molecule has 0 bridgehead atoms. The van der Waals surface area contributed by atoms with Gasteiger partial charge in [-0.15, -0.1) is 0 Å². The Labute approximate surface area is 104 Å². The summed E-state index contributed by atoms with van der Waals surface area (Å²) in [4.78, 5) is 0. The molecule has 2 nitrogen and oxygen atoms in total. The van der Waals surface area contributed by atoms with Crippen LogP contribution in [0.2, 0.25) is 0 Å². The molecule has 1 aromatic rings. The minimum absolute atomic E-state index is 0.0919. The molecule has 1 aliphatic rings. The van der Waals surface area contributed by atoms with Crippen molar-refractivity contribution in [2.45, 2.75) is 57.1 Å². The van der Waals surface area contributed by atoms with E-state index in [1.54, 1.807) is 0 Å². The van der Waals surface area contributed by atoms with E-state index in [2.05, 4.69) is 24.3 Å². The predicted octanol–water partition coefficient (Wildman–Crippen LogP) is 2.42. The Hall–Kier alpha value is -0.860. The van der Waals surface area contributed by atoms with Crippen molar-refractivity contribution >= 4 is 0 Å². The van der Waals surface area contributed by atoms with Crippen molar-refractivity contribution in [2.75, 3.05) is 0 Å². The van der Waals surface area contributed by atoms with Gasteiger partial charge in [0.05, 0.1) is 5.60 Å². The van der Waals surface area contributed by atoms with E-state index >= 15 is 0 Å². The molecule has 94 valence electrons. The van der Waals surface area contributed by atoms with Gasteiger partial charge in [0.1, 0.15) is 0 Å². The molecule has 0 atom stereocenters. The number of hydrogen-bond acceptors (Lipinski definition) is 2. The first kappa shape index (κ1) is 12.6. The summed E-state index contributed by atoms with van der Waals surface area (Å²) >= 11 is 0. The van der Waals surface area contributed by atoms with Crippen LogP contribution in [0.5, 0.6) is 0 Å². The van der Waals surface area contributed by atoms with Crippen molar-refractivity contribution in [1.82, 2.24) is 0 Å². The standard InChI is InChI=1S/C15H23NO/c1-14(2,17)8-7-12-3-5-13(6-4-12)11-15(16)9-10-15/h3-6,17H,7-11,16H2,1-2H3. The zero-order valence-corrected chi connectivity index (χ0v) is 10.9. The van der Waals surface area contributed by atoms with Gasteiger partial charge in [-0.2, -0.15) is 0 Å². The Balaban J connectivity index is 1.89. The lowest BCUT2D eigenvalue weighted by atomic mass is 9.97. The van der Waals surface area contributed by atoms with E-state index in [0.717, 1.165) is 32.1 Å². The summed E-state index contributed by atoms with van der Waals surface area (Å²) in [6, 6.07) is 8.67. The number of aryl methyl sites for hydroxylation is 1. The van der Waals surface area contributed by atoms with E-state index in [9.17, 15) is 5.11 Å². The minimum atomic E-state index is -0.575. The Bertz CT molecular complexity index is 371. The molecule has 0 spiro atoms. The highest BCUT2D eigenvalue weighted by Crippen LogP contribution is 2.35. The maximum Gasteiger partial charge on any atom is 0.0594 e. The summed E-state index contributed by atoms with van der Waals surface area (Å²) in [6.07, 6.45) is 5.05. The molecule has 0 aromatic heterocycles. The molecular weight excluding hydrogens is 210 g/mol. The fourth-order valence-corrected chi connectivity index (χ4v) is 2.02. The van der Waals surface area contributed by atoms with Gasteiger partial charge in [0.25, 0.3) is 0 Å². The van der Waals surface area contributed by atoms with Crippen LogP contribution in [0.15, 0.2) is 24.3 Å². The fraction of sp³-hybridized carbons (Fsp3) is 0.600. The summed E-state index contributed by atoms with van der Waals surface area (Å²) in [5.41, 5.74) is 8.24. The lowest BCUT2D eigenvalue weighted by Crippen LogP contribution is -2.24. The number of aliphatic hydroxyl groups is 1. The second-order valence-corrected chi connectivity index (χ2v) is 6.17. The molecule has 1 fully saturated rings. The maximum atomic E-state index is 9.68. The van der Waals surface area contributed by atoms with Crippen LogP contribution >= 0.6 is 0 Å². The molecule has 1 saturated carbocycles. The van der Waals surface area contributed by atoms with Gasteiger partial charge in [0.2, 0.25) is 0 Å². The molecule has 2 heteroatoms. The van der Waals surface area contributed by atoms with E-state index in [0.29, 0.717) is 0 Å². The first-order valence-electron chi connectivity index (χ1n) is 6.45. The van der Waals surface area contributed by atoms with Crippen LogP contribution in [0.3, 0.4) is 0 Å². The largest absolute Gasteiger partial charge is 0.390 e. The van der Waals surface area contributed by atoms with Gasteiger partial charge in [-0.1, -0.05) is 24.3 Å². The number of benzene rings is 1. The van der Waals surface area contributed by atoms with Crippen molar-refractivity contribution < 1.29 is 5.11 Å². The van der Waals surface area contributed by atoms with Crippen LogP contribution in [0.25, 0.3) is 0 Å². The van der Waals surface area contributed by atoms with E-state index in [-0.39, 0.29) is 5.54 Å². The average Bonchev–Trinajstić information content (AvgIpc) is 2.94. The van der Waals surface area contributed by atoms with Gasteiger partial charge < -0.3 is 10.8 Å². The highest BCUT2D eigenvalue weighted by molar-refractivity contribution is 5.25. The van der Waals surface area contributed by atoms with Crippen LogP contribution in [-0.4, -0.2) is 16.2 Å². The van der Waals surface area contributed by atoms with Crippen molar-refractivity contribution in [3.8, 4) is 0 Å². The van der Waals surface area contributed by atoms with Gasteiger partial charge in [-0.05, 0) is 57.1 Å². The third kappa shape index (κ3) is 4.14. The molecule has 0 radical (unpaired) electrons. The van der Waals surface area contributed by atoms with Gasteiger partial charge in [0, 0.05) is 5.54 Å². The van der Waals surface area contributed by atoms with Crippen molar-refractivity contribution in [3.05, 3.63) is 35.4 Å². The Morgan fingerprint density at radius 1 is 1.18 bits per heavy atom. The second-order valence-electron chi connectivity index (χ2n) is 6.17. The van der Waals surface area contributed by atoms with Gasteiger partial charge in [-0.3, -0.25) is 0 Å². The molecule has 0 saturated heterocycles. The monoisotopic (exact) mass is 233 g/mol. The third-order valence-electron chi connectivity index (χ3n) is 3.50. The normalized spacial score (nSPS) is 18.1. The second kappa shape index (κ2) is 4.43. The highest BCUT2D eigenvalue weighted by Gasteiger charge is 2.37. The van der Waals surface area contributed by atoms with E-state index in [4.69, 9.17) is 5.73 Å². The van der Waals surface area contributed by atoms with Crippen LogP contribution in [0, 0.1) is 0 Å². The summed E-state index contributed by atoms with van der Waals surface area (Å²) < 4.78 is 0.